The fraction of sp³-hybridized carbons (Fsp3) is 0.167. The van der Waals surface area contributed by atoms with Crippen molar-refractivity contribution in [1.29, 1.82) is 0 Å². The molecule has 3 aromatic carbocycles. The minimum atomic E-state index is -1.35. The molecule has 0 heterocycles. The Hall–Kier alpha value is -2.02. The van der Waals surface area contributed by atoms with Crippen molar-refractivity contribution in [1.82, 2.24) is 0 Å². The molecule has 0 radical (unpaired) electrons. The second kappa shape index (κ2) is 9.56. The number of Topliss-reactive ketones (excluding diaryl/α,β-unsaturated/α-hetero) is 1. The number of nitrogen functional groups attached to an aromatic ring is 1. The van der Waals surface area contributed by atoms with Crippen molar-refractivity contribution in [2.24, 2.45) is 5.92 Å². The maximum absolute atomic E-state index is 14.1. The fourth-order valence-corrected chi connectivity index (χ4v) is 5.43. The monoisotopic (exact) mass is 558 g/mol. The molecule has 10 heteroatoms. The third-order valence-electron chi connectivity index (χ3n) is 5.54. The SMILES string of the molecule is Nc1ccc(CC(=O)c2cc(NC(=O)C3C(c4cc(Cl)cc(Cl)c4)C3(Cl)Cl)ccc2Cl)c(F)c1. The summed E-state index contributed by atoms with van der Waals surface area (Å²) in [4.78, 5) is 25.8. The number of nitrogens with one attached hydrogen (secondary N) is 1. The van der Waals surface area contributed by atoms with Gasteiger partial charge in [-0.3, -0.25) is 9.59 Å². The van der Waals surface area contributed by atoms with Crippen molar-refractivity contribution >= 4 is 81.1 Å². The molecule has 1 aliphatic rings. The number of nitrogens with two attached hydrogens (primary N) is 1. The largest absolute Gasteiger partial charge is 0.399 e. The van der Waals surface area contributed by atoms with E-state index in [1.54, 1.807) is 24.3 Å². The topological polar surface area (TPSA) is 72.2 Å². The third kappa shape index (κ3) is 5.14. The van der Waals surface area contributed by atoms with Crippen LogP contribution in [0, 0.1) is 11.7 Å². The lowest BCUT2D eigenvalue weighted by atomic mass is 10.0. The van der Waals surface area contributed by atoms with Crippen LogP contribution in [0.4, 0.5) is 15.8 Å². The van der Waals surface area contributed by atoms with Gasteiger partial charge < -0.3 is 11.1 Å². The molecule has 3 aromatic rings. The molecule has 176 valence electrons. The Labute approximate surface area is 220 Å². The molecule has 2 unspecified atom stereocenters. The van der Waals surface area contributed by atoms with Crippen LogP contribution in [0.25, 0.3) is 0 Å². The van der Waals surface area contributed by atoms with Crippen molar-refractivity contribution in [3.8, 4) is 0 Å². The highest BCUT2D eigenvalue weighted by atomic mass is 35.5. The molecule has 3 N–H and O–H groups in total. The highest BCUT2D eigenvalue weighted by molar-refractivity contribution is 6.53. The summed E-state index contributed by atoms with van der Waals surface area (Å²) in [5.74, 6) is -2.75. The average molecular weight is 561 g/mol. The molecular weight excluding hydrogens is 545 g/mol. The number of benzene rings is 3. The molecule has 1 aliphatic carbocycles. The zero-order valence-electron chi connectivity index (χ0n) is 17.2. The van der Waals surface area contributed by atoms with Crippen LogP contribution in [0.15, 0.2) is 54.6 Å². The van der Waals surface area contributed by atoms with Gasteiger partial charge in [-0.15, -0.1) is 23.2 Å². The van der Waals surface area contributed by atoms with E-state index in [1.165, 1.54) is 24.3 Å². The highest BCUT2D eigenvalue weighted by Gasteiger charge is 2.67. The zero-order valence-corrected chi connectivity index (χ0v) is 21.0. The first-order valence-electron chi connectivity index (χ1n) is 9.98. The molecule has 0 spiro atoms. The number of hydrogen-bond acceptors (Lipinski definition) is 3. The summed E-state index contributed by atoms with van der Waals surface area (Å²) in [6.07, 6.45) is -0.226. The molecule has 1 fully saturated rings. The number of carbonyl (C=O) groups excluding carboxylic acids is 2. The van der Waals surface area contributed by atoms with Crippen LogP contribution in [0.1, 0.15) is 27.4 Å². The number of ketones is 1. The molecule has 4 nitrogen and oxygen atoms in total. The summed E-state index contributed by atoms with van der Waals surface area (Å²) in [5.41, 5.74) is 7.07. The maximum Gasteiger partial charge on any atom is 0.231 e. The van der Waals surface area contributed by atoms with Gasteiger partial charge in [0.05, 0.1) is 10.9 Å². The zero-order chi connectivity index (χ0) is 24.8. The van der Waals surface area contributed by atoms with Crippen LogP contribution in [0.5, 0.6) is 0 Å². The Morgan fingerprint density at radius 1 is 0.971 bits per heavy atom. The number of rotatable bonds is 6. The van der Waals surface area contributed by atoms with E-state index < -0.39 is 33.7 Å². The van der Waals surface area contributed by atoms with Gasteiger partial charge in [0, 0.05) is 39.3 Å². The van der Waals surface area contributed by atoms with E-state index in [4.69, 9.17) is 63.7 Å². The van der Waals surface area contributed by atoms with E-state index in [0.717, 1.165) is 6.07 Å². The summed E-state index contributed by atoms with van der Waals surface area (Å²) < 4.78 is 12.8. The highest BCUT2D eigenvalue weighted by Crippen LogP contribution is 2.65. The van der Waals surface area contributed by atoms with Crippen LogP contribution in [-0.4, -0.2) is 16.0 Å². The minimum absolute atomic E-state index is 0.132. The Morgan fingerprint density at radius 2 is 1.65 bits per heavy atom. The van der Waals surface area contributed by atoms with Gasteiger partial charge in [-0.2, -0.15) is 0 Å². The molecule has 1 amide bonds. The van der Waals surface area contributed by atoms with Gasteiger partial charge in [-0.05, 0) is 59.7 Å². The lowest BCUT2D eigenvalue weighted by Crippen LogP contribution is -2.17. The van der Waals surface area contributed by atoms with Crippen LogP contribution >= 0.6 is 58.0 Å². The maximum atomic E-state index is 14.1. The van der Waals surface area contributed by atoms with Gasteiger partial charge in [0.15, 0.2) is 5.78 Å². The van der Waals surface area contributed by atoms with Gasteiger partial charge in [0.25, 0.3) is 0 Å². The quantitative estimate of drug-likeness (QED) is 0.189. The lowest BCUT2D eigenvalue weighted by Gasteiger charge is -2.10. The van der Waals surface area contributed by atoms with Crippen molar-refractivity contribution < 1.29 is 14.0 Å². The third-order valence-corrected chi connectivity index (χ3v) is 7.25. The fourth-order valence-electron chi connectivity index (χ4n) is 3.83. The Bertz CT molecular complexity index is 1290. The van der Waals surface area contributed by atoms with E-state index in [0.29, 0.717) is 21.3 Å². The smallest absolute Gasteiger partial charge is 0.231 e. The summed E-state index contributed by atoms with van der Waals surface area (Å²) in [5, 5.41) is 3.68. The van der Waals surface area contributed by atoms with E-state index >= 15 is 0 Å². The molecule has 2 atom stereocenters. The van der Waals surface area contributed by atoms with E-state index in [9.17, 15) is 14.0 Å². The second-order valence-corrected chi connectivity index (χ2v) is 10.7. The Morgan fingerprint density at radius 3 is 2.29 bits per heavy atom. The molecule has 1 saturated carbocycles. The van der Waals surface area contributed by atoms with E-state index in [-0.39, 0.29) is 28.3 Å². The number of halogens is 6. The lowest BCUT2D eigenvalue weighted by molar-refractivity contribution is -0.117. The van der Waals surface area contributed by atoms with Gasteiger partial charge in [-0.25, -0.2) is 4.39 Å². The first-order chi connectivity index (χ1) is 16.0. The first kappa shape index (κ1) is 25.1. The standard InChI is InChI=1S/C24H16Cl5FN2O2/c25-13-5-12(6-14(26)8-13)21-22(24(21,28)29)23(34)32-16-3-4-18(27)17(10-16)20(33)7-11-1-2-15(31)9-19(11)30/h1-6,8-10,21-22H,7,31H2,(H,32,34). The van der Waals surface area contributed by atoms with Crippen LogP contribution < -0.4 is 11.1 Å². The second-order valence-electron chi connectivity index (χ2n) is 7.97. The molecule has 34 heavy (non-hydrogen) atoms. The van der Waals surface area contributed by atoms with E-state index in [1.807, 2.05) is 0 Å². The van der Waals surface area contributed by atoms with Crippen LogP contribution in [0.3, 0.4) is 0 Å². The number of amides is 1. The molecule has 0 saturated heterocycles. The molecule has 0 bridgehead atoms. The van der Waals surface area contributed by atoms with Gasteiger partial charge in [-0.1, -0.05) is 40.9 Å². The Kier molecular flexibility index (Phi) is 7.05. The van der Waals surface area contributed by atoms with Crippen molar-refractivity contribution in [2.75, 3.05) is 11.1 Å². The number of alkyl halides is 2. The Balaban J connectivity index is 1.52. The molecule has 0 aromatic heterocycles. The predicted octanol–water partition coefficient (Wildman–Crippen LogP) is 7.32. The molecule has 0 aliphatic heterocycles. The minimum Gasteiger partial charge on any atom is -0.399 e. The predicted molar refractivity (Wildman–Crippen MR) is 136 cm³/mol. The van der Waals surface area contributed by atoms with Crippen molar-refractivity contribution in [2.45, 2.75) is 16.7 Å². The summed E-state index contributed by atoms with van der Waals surface area (Å²) in [6, 6.07) is 13.4. The first-order valence-corrected chi connectivity index (χ1v) is 11.9. The number of hydrogen-bond donors (Lipinski definition) is 2. The number of carbonyl (C=O) groups is 2. The summed E-state index contributed by atoms with van der Waals surface area (Å²) >= 11 is 31.1. The average Bonchev–Trinajstić information content (AvgIpc) is 3.33. The number of anilines is 2. The van der Waals surface area contributed by atoms with Gasteiger partial charge in [0.2, 0.25) is 5.91 Å². The van der Waals surface area contributed by atoms with Crippen LogP contribution in [0.2, 0.25) is 15.1 Å². The van der Waals surface area contributed by atoms with Crippen molar-refractivity contribution in [3.05, 3.63) is 92.2 Å². The van der Waals surface area contributed by atoms with Gasteiger partial charge in [0.1, 0.15) is 10.2 Å². The van der Waals surface area contributed by atoms with E-state index in [2.05, 4.69) is 5.32 Å². The van der Waals surface area contributed by atoms with Crippen LogP contribution in [-0.2, 0) is 11.2 Å². The summed E-state index contributed by atoms with van der Waals surface area (Å²) in [6.45, 7) is 0. The normalized spacial score (nSPS) is 18.4. The summed E-state index contributed by atoms with van der Waals surface area (Å²) in [7, 11) is 0. The molecular formula is C24H16Cl5FN2O2. The molecule has 4 rings (SSSR count). The van der Waals surface area contributed by atoms with Gasteiger partial charge >= 0.3 is 0 Å². The van der Waals surface area contributed by atoms with Crippen molar-refractivity contribution in [3.63, 3.8) is 0 Å².